The molecule has 62 heavy (non-hydrogen) atoms. The van der Waals surface area contributed by atoms with Gasteiger partial charge in [-0.2, -0.15) is 0 Å². The summed E-state index contributed by atoms with van der Waals surface area (Å²) < 4.78 is 41.2. The van der Waals surface area contributed by atoms with Gasteiger partial charge in [-0.3, -0.25) is 19.8 Å². The zero-order valence-electron chi connectivity index (χ0n) is 34.6. The summed E-state index contributed by atoms with van der Waals surface area (Å²) in [7, 11) is -4.59. The number of hydrogen-bond acceptors (Lipinski definition) is 11. The van der Waals surface area contributed by atoms with Crippen LogP contribution in [0.25, 0.3) is 16.6 Å². The molecule has 0 atom stereocenters. The number of allylic oxidation sites excluding steroid dienone is 1. The van der Waals surface area contributed by atoms with Gasteiger partial charge in [0.15, 0.2) is 5.75 Å². The minimum absolute atomic E-state index is 0.0532. The van der Waals surface area contributed by atoms with Crippen LogP contribution in [0.2, 0.25) is 10.0 Å². The fourth-order valence-corrected chi connectivity index (χ4v) is 9.80. The molecular weight excluding hydrogens is 854 g/mol. The lowest BCUT2D eigenvalue weighted by Gasteiger charge is -2.39. The van der Waals surface area contributed by atoms with Crippen molar-refractivity contribution in [2.24, 2.45) is 11.3 Å². The van der Waals surface area contributed by atoms with Gasteiger partial charge in [-0.1, -0.05) is 54.8 Å². The molecule has 326 valence electrons. The molecule has 0 unspecified atom stereocenters. The molecule has 3 N–H and O–H groups in total. The van der Waals surface area contributed by atoms with E-state index >= 15 is 0 Å². The molecule has 0 radical (unpaired) electrons. The zero-order chi connectivity index (χ0) is 43.6. The predicted molar refractivity (Wildman–Crippen MR) is 242 cm³/mol. The average Bonchev–Trinajstić information content (AvgIpc) is 3.75. The lowest BCUT2D eigenvalue weighted by Crippen LogP contribution is -2.47. The lowest BCUT2D eigenvalue weighted by molar-refractivity contribution is -0.384. The molecule has 0 saturated carbocycles. The molecule has 2 saturated heterocycles. The number of amides is 1. The highest BCUT2D eigenvalue weighted by molar-refractivity contribution is 7.90. The number of sulfonamides is 1. The van der Waals surface area contributed by atoms with Gasteiger partial charge >= 0.3 is 0 Å². The fourth-order valence-electron chi connectivity index (χ4n) is 8.44. The zero-order valence-corrected chi connectivity index (χ0v) is 36.9. The monoisotopic (exact) mass is 901 g/mol. The van der Waals surface area contributed by atoms with Crippen molar-refractivity contribution in [3.8, 4) is 11.5 Å². The molecule has 2 aromatic heterocycles. The number of nitro groups is 1. The van der Waals surface area contributed by atoms with Crippen molar-refractivity contribution in [2.45, 2.75) is 50.8 Å². The summed E-state index contributed by atoms with van der Waals surface area (Å²) in [5.74, 6) is -0.510. The van der Waals surface area contributed by atoms with E-state index in [0.29, 0.717) is 43.9 Å². The van der Waals surface area contributed by atoms with E-state index in [-0.39, 0.29) is 39.1 Å². The Hall–Kier alpha value is -5.19. The first-order valence-electron chi connectivity index (χ1n) is 20.8. The summed E-state index contributed by atoms with van der Waals surface area (Å²) in [6, 6.07) is 18.4. The molecule has 14 nitrogen and oxygen atoms in total. The highest BCUT2D eigenvalue weighted by atomic mass is 35.5. The van der Waals surface area contributed by atoms with E-state index in [1.54, 1.807) is 24.4 Å². The Morgan fingerprint density at radius 1 is 1.02 bits per heavy atom. The number of halogens is 2. The molecule has 5 aromatic rings. The van der Waals surface area contributed by atoms with Crippen molar-refractivity contribution in [3.63, 3.8) is 0 Å². The van der Waals surface area contributed by atoms with Crippen LogP contribution >= 0.6 is 23.2 Å². The van der Waals surface area contributed by atoms with Gasteiger partial charge in [0.05, 0.1) is 26.6 Å². The first kappa shape index (κ1) is 43.5. The van der Waals surface area contributed by atoms with Gasteiger partial charge in [0, 0.05) is 86.9 Å². The summed E-state index contributed by atoms with van der Waals surface area (Å²) in [5, 5.41) is 16.8. The summed E-state index contributed by atoms with van der Waals surface area (Å²) >= 11 is 13.0. The van der Waals surface area contributed by atoms with Crippen LogP contribution in [0.3, 0.4) is 0 Å². The van der Waals surface area contributed by atoms with Crippen LogP contribution in [-0.2, 0) is 14.8 Å². The highest BCUT2D eigenvalue weighted by Crippen LogP contribution is 2.44. The number of piperazine rings is 1. The van der Waals surface area contributed by atoms with Crippen molar-refractivity contribution >= 4 is 72.8 Å². The molecule has 1 aliphatic carbocycles. The maximum atomic E-state index is 14.0. The molecule has 3 aromatic carbocycles. The van der Waals surface area contributed by atoms with Gasteiger partial charge in [-0.25, -0.2) is 18.1 Å². The highest BCUT2D eigenvalue weighted by Gasteiger charge is 2.31. The number of fused-ring (bicyclic) bond motifs is 1. The fraction of sp³-hybridized carbons (Fsp3) is 0.378. The van der Waals surface area contributed by atoms with Gasteiger partial charge in [-0.05, 0) is 97.0 Å². The van der Waals surface area contributed by atoms with Crippen molar-refractivity contribution in [1.29, 1.82) is 0 Å². The van der Waals surface area contributed by atoms with Gasteiger partial charge in [0.1, 0.15) is 17.1 Å². The number of hydrogen-bond donors (Lipinski definition) is 3. The Balaban J connectivity index is 1.02. The predicted octanol–water partition coefficient (Wildman–Crippen LogP) is 9.31. The third-order valence-corrected chi connectivity index (χ3v) is 14.0. The minimum Gasteiger partial charge on any atom is -0.453 e. The smallest absolute Gasteiger partial charge is 0.293 e. The number of benzene rings is 3. The van der Waals surface area contributed by atoms with Crippen LogP contribution in [0.1, 0.15) is 61.9 Å². The number of aromatic nitrogens is 2. The van der Waals surface area contributed by atoms with Crippen molar-refractivity contribution < 1.29 is 27.6 Å². The van der Waals surface area contributed by atoms with Crippen LogP contribution in [-0.4, -0.2) is 86.6 Å². The number of nitrogens with zero attached hydrogens (tertiary/aromatic N) is 4. The van der Waals surface area contributed by atoms with E-state index < -0.39 is 31.4 Å². The third-order valence-electron chi connectivity index (χ3n) is 12.1. The Morgan fingerprint density at radius 2 is 1.77 bits per heavy atom. The summed E-state index contributed by atoms with van der Waals surface area (Å²) in [4.78, 5) is 37.0. The van der Waals surface area contributed by atoms with Gasteiger partial charge in [0.2, 0.25) is 0 Å². The molecule has 8 rings (SSSR count). The normalized spacial score (nSPS) is 17.6. The molecule has 17 heteroatoms. The first-order chi connectivity index (χ1) is 29.7. The van der Waals surface area contributed by atoms with E-state index in [4.69, 9.17) is 32.7 Å². The molecule has 1 amide bonds. The minimum atomic E-state index is -4.59. The van der Waals surface area contributed by atoms with E-state index in [9.17, 15) is 23.3 Å². The number of H-pyrrole nitrogens is 1. The number of carbonyl (C=O) groups is 1. The Morgan fingerprint density at radius 3 is 2.52 bits per heavy atom. The van der Waals surface area contributed by atoms with E-state index in [2.05, 4.69) is 55.8 Å². The van der Waals surface area contributed by atoms with E-state index in [1.165, 1.54) is 41.1 Å². The topological polar surface area (TPSA) is 172 Å². The quantitative estimate of drug-likeness (QED) is 0.0760. The maximum absolute atomic E-state index is 14.0. The van der Waals surface area contributed by atoms with Crippen LogP contribution in [0.4, 0.5) is 17.1 Å². The summed E-state index contributed by atoms with van der Waals surface area (Å²) in [5.41, 5.74) is 5.27. The number of anilines is 2. The average molecular weight is 903 g/mol. The van der Waals surface area contributed by atoms with Crippen LogP contribution < -0.4 is 19.7 Å². The van der Waals surface area contributed by atoms with Gasteiger partial charge in [0.25, 0.3) is 21.6 Å². The first-order valence-corrected chi connectivity index (χ1v) is 23.0. The van der Waals surface area contributed by atoms with Crippen LogP contribution in [0, 0.1) is 21.4 Å². The van der Waals surface area contributed by atoms with E-state index in [1.807, 2.05) is 12.1 Å². The summed E-state index contributed by atoms with van der Waals surface area (Å²) in [6.45, 7) is 10.2. The van der Waals surface area contributed by atoms with Gasteiger partial charge in [-0.15, -0.1) is 0 Å². The Labute approximate surface area is 370 Å². The molecule has 0 bridgehead atoms. The Bertz CT molecular complexity index is 2620. The number of nitrogens with one attached hydrogen (secondary N) is 3. The maximum Gasteiger partial charge on any atom is 0.293 e. The molecule has 2 fully saturated rings. The van der Waals surface area contributed by atoms with Crippen molar-refractivity contribution in [3.05, 3.63) is 116 Å². The molecule has 3 aliphatic rings. The number of nitro benzene ring substituents is 1. The molecule has 4 heterocycles. The van der Waals surface area contributed by atoms with Gasteiger partial charge < -0.3 is 24.7 Å². The number of pyridine rings is 1. The number of rotatable bonds is 13. The van der Waals surface area contributed by atoms with Crippen LogP contribution in [0.15, 0.2) is 89.6 Å². The largest absolute Gasteiger partial charge is 0.453 e. The second-order valence-corrected chi connectivity index (χ2v) is 19.5. The van der Waals surface area contributed by atoms with Crippen molar-refractivity contribution in [2.75, 3.05) is 62.7 Å². The second-order valence-electron chi connectivity index (χ2n) is 17.0. The summed E-state index contributed by atoms with van der Waals surface area (Å²) in [6.07, 6.45) is 7.92. The Kier molecular flexibility index (Phi) is 12.8. The molecule has 2 aliphatic heterocycles. The van der Waals surface area contributed by atoms with Crippen molar-refractivity contribution in [1.82, 2.24) is 19.6 Å². The van der Waals surface area contributed by atoms with E-state index in [0.717, 1.165) is 68.5 Å². The SMILES string of the molecule is CC1(C)CCC(CN2CCN(c3ccc(C(=O)NS(=O)(=O)c4ccc(NCC5CCOCC5)c([N+](=O)[O-])c4)c(Oc4cnc5[nH]ccc5c4Cl)c3)CC2)=C(c2ccc(Cl)cc2)C1. The molecular formula is C45H49Cl2N7O7S. The van der Waals surface area contributed by atoms with Crippen LogP contribution in [0.5, 0.6) is 11.5 Å². The third kappa shape index (κ3) is 9.87. The number of aromatic amines is 1. The molecule has 0 spiro atoms. The lowest BCUT2D eigenvalue weighted by atomic mass is 9.72. The second kappa shape index (κ2) is 18.3. The number of ether oxygens (including phenoxy) is 2. The number of carbonyl (C=O) groups excluding carboxylic acids is 1. The standard InChI is InChI=1S/C45H49Cl2N7O7S/c1-45(2)15-11-31(37(25-45)30-3-5-32(46)6-4-30)28-52-17-19-53(20-18-52)33-7-9-35(40(23-33)61-41-27-50-43-36(42(41)47)12-16-48-43)44(55)51-62(58,59)34-8-10-38(39(24-34)54(56)57)49-26-29-13-21-60-22-14-29/h3-10,12,16,23-24,27,29,49H,11,13-15,17-22,25-26,28H2,1-2H3,(H,48,50)(H,51,55).